The van der Waals surface area contributed by atoms with Gasteiger partial charge in [0.15, 0.2) is 0 Å². The second-order valence-electron chi connectivity index (χ2n) is 6.64. The number of rotatable bonds is 6. The summed E-state index contributed by atoms with van der Waals surface area (Å²) in [6.45, 7) is 0.297. The zero-order chi connectivity index (χ0) is 21.0. The van der Waals surface area contributed by atoms with E-state index in [0.29, 0.717) is 36.6 Å². The van der Waals surface area contributed by atoms with Gasteiger partial charge in [-0.1, -0.05) is 22.4 Å². The van der Waals surface area contributed by atoms with Crippen LogP contribution in [0.5, 0.6) is 11.5 Å². The van der Waals surface area contributed by atoms with Crippen LogP contribution in [0.15, 0.2) is 51.8 Å². The number of ether oxygens (including phenoxy) is 2. The first kappa shape index (κ1) is 21.6. The van der Waals surface area contributed by atoms with Gasteiger partial charge in [-0.2, -0.15) is 4.31 Å². The molecule has 0 aromatic heterocycles. The fourth-order valence-electron chi connectivity index (χ4n) is 3.32. The molecule has 1 amide bonds. The molecule has 2 aromatic carbocycles. The van der Waals surface area contributed by atoms with Gasteiger partial charge in [0, 0.05) is 17.1 Å². The van der Waals surface area contributed by atoms with E-state index in [1.807, 2.05) is 0 Å². The van der Waals surface area contributed by atoms with Crippen molar-refractivity contribution in [1.82, 2.24) is 4.31 Å². The number of methoxy groups -OCH3 is 2. The average Bonchev–Trinajstić information content (AvgIpc) is 2.74. The quantitative estimate of drug-likeness (QED) is 0.678. The van der Waals surface area contributed by atoms with Crippen LogP contribution in [0.25, 0.3) is 0 Å². The van der Waals surface area contributed by atoms with E-state index in [1.54, 1.807) is 30.3 Å². The summed E-state index contributed by atoms with van der Waals surface area (Å²) in [5.74, 6) is 0.637. The van der Waals surface area contributed by atoms with Gasteiger partial charge >= 0.3 is 0 Å². The van der Waals surface area contributed by atoms with E-state index in [2.05, 4.69) is 21.2 Å². The fraction of sp³-hybridized carbons (Fsp3) is 0.350. The Morgan fingerprint density at radius 1 is 1.10 bits per heavy atom. The van der Waals surface area contributed by atoms with Crippen molar-refractivity contribution in [3.05, 3.63) is 46.9 Å². The van der Waals surface area contributed by atoms with Gasteiger partial charge in [0.1, 0.15) is 17.5 Å². The van der Waals surface area contributed by atoms with Crippen LogP contribution in [0.2, 0.25) is 0 Å². The number of sulfonamides is 1. The maximum Gasteiger partial charge on any atom is 0.243 e. The highest BCUT2D eigenvalue weighted by Gasteiger charge is 2.37. The third-order valence-corrected chi connectivity index (χ3v) is 7.29. The van der Waals surface area contributed by atoms with Crippen molar-refractivity contribution in [3.8, 4) is 11.5 Å². The molecule has 1 aliphatic heterocycles. The number of hydrogen-bond acceptors (Lipinski definition) is 5. The van der Waals surface area contributed by atoms with Crippen molar-refractivity contribution < 1.29 is 22.7 Å². The summed E-state index contributed by atoms with van der Waals surface area (Å²) in [7, 11) is -0.767. The number of halogens is 1. The SMILES string of the molecule is COc1ccc(OC)c(NC(=O)[C@@H]2CCCCN2S(=O)(=O)c2ccc(Br)cc2)c1. The van der Waals surface area contributed by atoms with Crippen LogP contribution in [0.3, 0.4) is 0 Å². The fourth-order valence-corrected chi connectivity index (χ4v) is 5.25. The first-order chi connectivity index (χ1) is 13.9. The van der Waals surface area contributed by atoms with Crippen LogP contribution in [0.1, 0.15) is 19.3 Å². The molecule has 1 heterocycles. The van der Waals surface area contributed by atoms with Gasteiger partial charge in [0.05, 0.1) is 24.8 Å². The lowest BCUT2D eigenvalue weighted by molar-refractivity contribution is -0.120. The molecule has 0 saturated carbocycles. The minimum atomic E-state index is -3.80. The summed E-state index contributed by atoms with van der Waals surface area (Å²) >= 11 is 3.31. The molecule has 1 atom stereocenters. The van der Waals surface area contributed by atoms with Crippen LogP contribution in [0.4, 0.5) is 5.69 Å². The van der Waals surface area contributed by atoms with Gasteiger partial charge in [-0.15, -0.1) is 0 Å². The predicted molar refractivity (Wildman–Crippen MR) is 114 cm³/mol. The smallest absolute Gasteiger partial charge is 0.243 e. The molecule has 9 heteroatoms. The van der Waals surface area contributed by atoms with Crippen LogP contribution >= 0.6 is 15.9 Å². The Morgan fingerprint density at radius 2 is 1.83 bits per heavy atom. The minimum absolute atomic E-state index is 0.166. The van der Waals surface area contributed by atoms with Gasteiger partial charge < -0.3 is 14.8 Å². The second kappa shape index (κ2) is 9.15. The molecule has 3 rings (SSSR count). The lowest BCUT2D eigenvalue weighted by Crippen LogP contribution is -2.49. The average molecular weight is 483 g/mol. The lowest BCUT2D eigenvalue weighted by atomic mass is 10.0. The normalized spacial score (nSPS) is 17.6. The van der Waals surface area contributed by atoms with Gasteiger partial charge in [-0.05, 0) is 49.2 Å². The molecule has 0 spiro atoms. The molecule has 0 bridgehead atoms. The van der Waals surface area contributed by atoms with E-state index >= 15 is 0 Å². The van der Waals surface area contributed by atoms with Crippen molar-refractivity contribution in [3.63, 3.8) is 0 Å². The van der Waals surface area contributed by atoms with Gasteiger partial charge in [-0.3, -0.25) is 4.79 Å². The molecular weight excluding hydrogens is 460 g/mol. The first-order valence-electron chi connectivity index (χ1n) is 9.17. The van der Waals surface area contributed by atoms with E-state index in [-0.39, 0.29) is 4.90 Å². The third kappa shape index (κ3) is 4.73. The Hall–Kier alpha value is -2.10. The highest BCUT2D eigenvalue weighted by Crippen LogP contribution is 2.31. The van der Waals surface area contributed by atoms with E-state index in [1.165, 1.54) is 30.7 Å². The molecule has 1 N–H and O–H groups in total. The predicted octanol–water partition coefficient (Wildman–Crippen LogP) is 3.65. The summed E-state index contributed by atoms with van der Waals surface area (Å²) in [6, 6.07) is 10.7. The van der Waals surface area contributed by atoms with Crippen molar-refractivity contribution in [2.24, 2.45) is 0 Å². The number of benzene rings is 2. The number of carbonyl (C=O) groups is 1. The first-order valence-corrected chi connectivity index (χ1v) is 11.4. The summed E-state index contributed by atoms with van der Waals surface area (Å²) in [5, 5.41) is 2.81. The van der Waals surface area contributed by atoms with Gasteiger partial charge in [-0.25, -0.2) is 8.42 Å². The Kier molecular flexibility index (Phi) is 6.81. The van der Waals surface area contributed by atoms with Crippen LogP contribution in [0, 0.1) is 0 Å². The van der Waals surface area contributed by atoms with E-state index < -0.39 is 22.0 Å². The lowest BCUT2D eigenvalue weighted by Gasteiger charge is -2.33. The minimum Gasteiger partial charge on any atom is -0.497 e. The molecule has 0 aliphatic carbocycles. The van der Waals surface area contributed by atoms with Crippen molar-refractivity contribution in [2.45, 2.75) is 30.2 Å². The topological polar surface area (TPSA) is 84.9 Å². The van der Waals surface area contributed by atoms with Crippen molar-refractivity contribution in [1.29, 1.82) is 0 Å². The third-order valence-electron chi connectivity index (χ3n) is 4.84. The monoisotopic (exact) mass is 482 g/mol. The number of anilines is 1. The molecule has 2 aromatic rings. The Labute approximate surface area is 179 Å². The molecule has 1 fully saturated rings. The summed E-state index contributed by atoms with van der Waals surface area (Å²) in [4.78, 5) is 13.2. The van der Waals surface area contributed by atoms with Crippen LogP contribution in [-0.4, -0.2) is 45.4 Å². The number of nitrogens with one attached hydrogen (secondary N) is 1. The van der Waals surface area contributed by atoms with Crippen LogP contribution in [-0.2, 0) is 14.8 Å². The maximum absolute atomic E-state index is 13.2. The Balaban J connectivity index is 1.88. The number of hydrogen-bond donors (Lipinski definition) is 1. The molecule has 1 saturated heterocycles. The number of nitrogens with zero attached hydrogens (tertiary/aromatic N) is 1. The molecular formula is C20H23BrN2O5S. The molecule has 29 heavy (non-hydrogen) atoms. The maximum atomic E-state index is 13.2. The highest BCUT2D eigenvalue weighted by molar-refractivity contribution is 9.10. The van der Waals surface area contributed by atoms with Crippen LogP contribution < -0.4 is 14.8 Å². The van der Waals surface area contributed by atoms with E-state index in [0.717, 1.165) is 10.9 Å². The van der Waals surface area contributed by atoms with E-state index in [4.69, 9.17) is 9.47 Å². The number of amides is 1. The van der Waals surface area contributed by atoms with Crippen molar-refractivity contribution >= 4 is 37.5 Å². The van der Waals surface area contributed by atoms with Gasteiger partial charge in [0.2, 0.25) is 15.9 Å². The largest absolute Gasteiger partial charge is 0.497 e. The summed E-state index contributed by atoms with van der Waals surface area (Å²) in [6.07, 6.45) is 1.94. The number of piperidine rings is 1. The second-order valence-corrected chi connectivity index (χ2v) is 9.44. The molecule has 0 unspecified atom stereocenters. The Bertz CT molecular complexity index is 979. The molecule has 7 nitrogen and oxygen atoms in total. The zero-order valence-electron chi connectivity index (χ0n) is 16.2. The standard InChI is InChI=1S/C20H23BrN2O5S/c1-27-15-8-11-19(28-2)17(13-15)22-20(24)18-5-3-4-12-23(18)29(25,26)16-9-6-14(21)7-10-16/h6-11,13,18H,3-5,12H2,1-2H3,(H,22,24)/t18-/m0/s1. The molecule has 0 radical (unpaired) electrons. The van der Waals surface area contributed by atoms with Gasteiger partial charge in [0.25, 0.3) is 0 Å². The zero-order valence-corrected chi connectivity index (χ0v) is 18.6. The Morgan fingerprint density at radius 3 is 2.48 bits per heavy atom. The van der Waals surface area contributed by atoms with Crippen molar-refractivity contribution in [2.75, 3.05) is 26.1 Å². The molecule has 1 aliphatic rings. The summed E-state index contributed by atoms with van der Waals surface area (Å²) in [5.41, 5.74) is 0.434. The number of carbonyl (C=O) groups excluding carboxylic acids is 1. The summed E-state index contributed by atoms with van der Waals surface area (Å²) < 4.78 is 38.9. The van der Waals surface area contributed by atoms with E-state index in [9.17, 15) is 13.2 Å². The highest BCUT2D eigenvalue weighted by atomic mass is 79.9. The molecule has 156 valence electrons.